The maximum absolute atomic E-state index is 12.8. The van der Waals surface area contributed by atoms with E-state index in [4.69, 9.17) is 10.5 Å². The molecule has 0 saturated heterocycles. The van der Waals surface area contributed by atoms with E-state index >= 15 is 0 Å². The SMILES string of the molecule is CCOC1CC(N)(C(=O)Nc2ccc(C(=O)Nc3cccnc3)cc2)C1(C)C.Cl.Cl. The number of nitrogens with zero attached hydrogens (tertiary/aromatic N) is 1. The molecule has 1 heterocycles. The van der Waals surface area contributed by atoms with Crippen molar-refractivity contribution in [3.05, 3.63) is 54.4 Å². The predicted octanol–water partition coefficient (Wildman–Crippen LogP) is 3.65. The Balaban J connectivity index is 0.00000225. The molecule has 4 N–H and O–H groups in total. The van der Waals surface area contributed by atoms with E-state index in [0.717, 1.165) is 0 Å². The summed E-state index contributed by atoms with van der Waals surface area (Å²) in [5.74, 6) is -0.498. The van der Waals surface area contributed by atoms with Gasteiger partial charge >= 0.3 is 0 Å². The van der Waals surface area contributed by atoms with Gasteiger partial charge in [0.25, 0.3) is 5.91 Å². The van der Waals surface area contributed by atoms with Gasteiger partial charge in [-0.15, -0.1) is 24.8 Å². The van der Waals surface area contributed by atoms with E-state index in [1.165, 1.54) is 0 Å². The number of nitrogens with one attached hydrogen (secondary N) is 2. The molecule has 1 aromatic carbocycles. The van der Waals surface area contributed by atoms with Crippen molar-refractivity contribution in [1.82, 2.24) is 4.98 Å². The van der Waals surface area contributed by atoms with Gasteiger partial charge in [-0.05, 0) is 43.3 Å². The van der Waals surface area contributed by atoms with Crippen LogP contribution in [0.5, 0.6) is 0 Å². The molecule has 1 aliphatic carbocycles. The van der Waals surface area contributed by atoms with Crippen LogP contribution in [0.4, 0.5) is 11.4 Å². The third-order valence-corrected chi connectivity index (χ3v) is 5.56. The number of halogens is 2. The first-order valence-electron chi connectivity index (χ1n) is 9.31. The minimum Gasteiger partial charge on any atom is -0.378 e. The van der Waals surface area contributed by atoms with Gasteiger partial charge in [-0.25, -0.2) is 0 Å². The van der Waals surface area contributed by atoms with Crippen LogP contribution >= 0.6 is 24.8 Å². The van der Waals surface area contributed by atoms with Gasteiger partial charge in [-0.3, -0.25) is 14.6 Å². The third-order valence-electron chi connectivity index (χ3n) is 5.56. The van der Waals surface area contributed by atoms with E-state index < -0.39 is 11.0 Å². The Labute approximate surface area is 189 Å². The first-order valence-corrected chi connectivity index (χ1v) is 9.31. The number of carbonyl (C=O) groups excluding carboxylic acids is 2. The number of rotatable bonds is 6. The molecule has 2 unspecified atom stereocenters. The Bertz CT molecular complexity index is 862. The normalized spacial score (nSPS) is 21.3. The fourth-order valence-corrected chi connectivity index (χ4v) is 3.41. The molecule has 0 radical (unpaired) electrons. The number of ether oxygens (including phenoxy) is 1. The summed E-state index contributed by atoms with van der Waals surface area (Å²) in [4.78, 5) is 29.0. The third kappa shape index (κ3) is 4.92. The van der Waals surface area contributed by atoms with E-state index in [1.807, 2.05) is 20.8 Å². The first kappa shape index (κ1) is 25.8. The molecule has 9 heteroatoms. The Morgan fingerprint density at radius 2 is 1.80 bits per heavy atom. The lowest BCUT2D eigenvalue weighted by Crippen LogP contribution is -2.74. The van der Waals surface area contributed by atoms with Crippen LogP contribution in [-0.2, 0) is 9.53 Å². The number of nitrogens with two attached hydrogens (primary N) is 1. The Kier molecular flexibility index (Phi) is 8.80. The van der Waals surface area contributed by atoms with E-state index in [2.05, 4.69) is 15.6 Å². The zero-order chi connectivity index (χ0) is 20.4. The van der Waals surface area contributed by atoms with Gasteiger partial charge in [-0.2, -0.15) is 0 Å². The number of benzene rings is 1. The van der Waals surface area contributed by atoms with Crippen molar-refractivity contribution in [3.8, 4) is 0 Å². The molecule has 2 atom stereocenters. The summed E-state index contributed by atoms with van der Waals surface area (Å²) in [7, 11) is 0. The van der Waals surface area contributed by atoms with Crippen molar-refractivity contribution in [3.63, 3.8) is 0 Å². The summed E-state index contributed by atoms with van der Waals surface area (Å²) in [6.45, 7) is 6.41. The van der Waals surface area contributed by atoms with Crippen LogP contribution in [0, 0.1) is 5.41 Å². The summed E-state index contributed by atoms with van der Waals surface area (Å²) >= 11 is 0. The van der Waals surface area contributed by atoms with Crippen LogP contribution < -0.4 is 16.4 Å². The lowest BCUT2D eigenvalue weighted by molar-refractivity contribution is -0.166. The maximum Gasteiger partial charge on any atom is 0.255 e. The highest BCUT2D eigenvalue weighted by molar-refractivity contribution is 6.05. The largest absolute Gasteiger partial charge is 0.378 e. The molecule has 2 amide bonds. The molecular weight excluding hydrogens is 427 g/mol. The Morgan fingerprint density at radius 3 is 2.33 bits per heavy atom. The molecular formula is C21H28Cl2N4O3. The average Bonchev–Trinajstić information content (AvgIpc) is 2.69. The molecule has 3 rings (SSSR count). The number of aromatic nitrogens is 1. The lowest BCUT2D eigenvalue weighted by Gasteiger charge is -2.57. The van der Waals surface area contributed by atoms with Crippen LogP contribution in [0.25, 0.3) is 0 Å². The zero-order valence-corrected chi connectivity index (χ0v) is 18.8. The molecule has 7 nitrogen and oxygen atoms in total. The zero-order valence-electron chi connectivity index (χ0n) is 17.2. The fourth-order valence-electron chi connectivity index (χ4n) is 3.41. The van der Waals surface area contributed by atoms with E-state index in [9.17, 15) is 9.59 Å². The highest BCUT2D eigenvalue weighted by atomic mass is 35.5. The predicted molar refractivity (Wildman–Crippen MR) is 122 cm³/mol. The van der Waals surface area contributed by atoms with Gasteiger partial charge in [0.2, 0.25) is 5.91 Å². The van der Waals surface area contributed by atoms with Gasteiger partial charge in [0, 0.05) is 35.9 Å². The van der Waals surface area contributed by atoms with E-state index in [1.54, 1.807) is 48.8 Å². The molecule has 0 spiro atoms. The van der Waals surface area contributed by atoms with E-state index in [-0.39, 0.29) is 42.7 Å². The maximum atomic E-state index is 12.8. The summed E-state index contributed by atoms with van der Waals surface area (Å²) < 4.78 is 5.67. The monoisotopic (exact) mass is 454 g/mol. The number of pyridine rings is 1. The van der Waals surface area contributed by atoms with E-state index in [0.29, 0.717) is 30.0 Å². The smallest absolute Gasteiger partial charge is 0.255 e. The second kappa shape index (κ2) is 10.2. The summed E-state index contributed by atoms with van der Waals surface area (Å²) in [5.41, 5.74) is 6.62. The highest BCUT2D eigenvalue weighted by Gasteiger charge is 2.62. The molecule has 164 valence electrons. The fraction of sp³-hybridized carbons (Fsp3) is 0.381. The minimum atomic E-state index is -0.997. The molecule has 30 heavy (non-hydrogen) atoms. The van der Waals surface area contributed by atoms with Gasteiger partial charge in [0.05, 0.1) is 18.0 Å². The van der Waals surface area contributed by atoms with Crippen LogP contribution in [0.1, 0.15) is 37.6 Å². The number of carbonyl (C=O) groups is 2. The summed E-state index contributed by atoms with van der Waals surface area (Å²) in [6.07, 6.45) is 3.65. The molecule has 0 aliphatic heterocycles. The topological polar surface area (TPSA) is 106 Å². The molecule has 1 saturated carbocycles. The molecule has 1 aromatic heterocycles. The number of amides is 2. The van der Waals surface area contributed by atoms with Crippen LogP contribution in [0.15, 0.2) is 48.8 Å². The van der Waals surface area contributed by atoms with Crippen molar-refractivity contribution in [2.75, 3.05) is 17.2 Å². The Morgan fingerprint density at radius 1 is 1.13 bits per heavy atom. The second-order valence-electron chi connectivity index (χ2n) is 7.57. The second-order valence-corrected chi connectivity index (χ2v) is 7.57. The van der Waals surface area contributed by atoms with Crippen molar-refractivity contribution < 1.29 is 14.3 Å². The van der Waals surface area contributed by atoms with Crippen molar-refractivity contribution in [2.24, 2.45) is 11.1 Å². The van der Waals surface area contributed by atoms with Gasteiger partial charge in [0.1, 0.15) is 5.54 Å². The summed E-state index contributed by atoms with van der Waals surface area (Å²) in [6, 6.07) is 10.2. The quantitative estimate of drug-likeness (QED) is 0.617. The van der Waals surface area contributed by atoms with Crippen LogP contribution in [0.3, 0.4) is 0 Å². The first-order chi connectivity index (χ1) is 13.3. The highest BCUT2D eigenvalue weighted by Crippen LogP contribution is 2.50. The Hall–Kier alpha value is -2.19. The standard InChI is InChI=1S/C21H26N4O3.2ClH/c1-4-28-17-12-21(22,20(17,2)3)19(27)25-15-9-7-14(8-10-15)18(26)24-16-6-5-11-23-13-16;;/h5-11,13,17H,4,12,22H2,1-3H3,(H,24,26)(H,25,27);2*1H. The number of hydrogen-bond acceptors (Lipinski definition) is 5. The lowest BCUT2D eigenvalue weighted by atomic mass is 9.54. The minimum absolute atomic E-state index is 0. The summed E-state index contributed by atoms with van der Waals surface area (Å²) in [5, 5.41) is 5.62. The molecule has 2 aromatic rings. The van der Waals surface area contributed by atoms with Crippen LogP contribution in [0.2, 0.25) is 0 Å². The molecule has 1 aliphatic rings. The molecule has 1 fully saturated rings. The van der Waals surface area contributed by atoms with Gasteiger partial charge in [-0.1, -0.05) is 13.8 Å². The van der Waals surface area contributed by atoms with Gasteiger partial charge < -0.3 is 21.1 Å². The number of anilines is 2. The van der Waals surface area contributed by atoms with Crippen molar-refractivity contribution in [1.29, 1.82) is 0 Å². The average molecular weight is 455 g/mol. The van der Waals surface area contributed by atoms with Crippen molar-refractivity contribution in [2.45, 2.75) is 38.8 Å². The van der Waals surface area contributed by atoms with Crippen LogP contribution in [-0.4, -0.2) is 35.0 Å². The molecule has 0 bridgehead atoms. The number of hydrogen-bond donors (Lipinski definition) is 3. The van der Waals surface area contributed by atoms with Crippen molar-refractivity contribution >= 4 is 48.0 Å². The van der Waals surface area contributed by atoms with Gasteiger partial charge in [0.15, 0.2) is 0 Å².